The third kappa shape index (κ3) is 4.61. The summed E-state index contributed by atoms with van der Waals surface area (Å²) in [6, 6.07) is 6.52. The van der Waals surface area contributed by atoms with Crippen LogP contribution in [0.15, 0.2) is 35.7 Å². The molecule has 2 rings (SSSR count). The van der Waals surface area contributed by atoms with Gasteiger partial charge >= 0.3 is 0 Å². The first-order chi connectivity index (χ1) is 10.9. The monoisotopic (exact) mass is 331 g/mol. The van der Waals surface area contributed by atoms with Crippen molar-refractivity contribution in [3.8, 4) is 5.69 Å². The molecular formula is C18H25N3OS. The lowest BCUT2D eigenvalue weighted by Gasteiger charge is -2.17. The average molecular weight is 331 g/mol. The summed E-state index contributed by atoms with van der Waals surface area (Å²) in [5, 5.41) is 3.86. The van der Waals surface area contributed by atoms with E-state index in [0.717, 1.165) is 10.8 Å². The van der Waals surface area contributed by atoms with E-state index in [1.807, 2.05) is 17.7 Å². The summed E-state index contributed by atoms with van der Waals surface area (Å²) in [6.45, 7) is 10.4. The first kappa shape index (κ1) is 17.6. The molecule has 4 nitrogen and oxygen atoms in total. The summed E-state index contributed by atoms with van der Waals surface area (Å²) in [5.74, 6) is 0.853. The van der Waals surface area contributed by atoms with E-state index in [4.69, 9.17) is 0 Å². The van der Waals surface area contributed by atoms with Gasteiger partial charge in [0, 0.05) is 18.4 Å². The van der Waals surface area contributed by atoms with Gasteiger partial charge in [-0.05, 0) is 38.3 Å². The van der Waals surface area contributed by atoms with Crippen LogP contribution in [0.25, 0.3) is 5.69 Å². The van der Waals surface area contributed by atoms with Crippen molar-refractivity contribution in [2.45, 2.75) is 45.8 Å². The molecule has 1 N–H and O–H groups in total. The highest BCUT2D eigenvalue weighted by molar-refractivity contribution is 7.99. The van der Waals surface area contributed by atoms with Crippen LogP contribution < -0.4 is 5.32 Å². The van der Waals surface area contributed by atoms with Crippen molar-refractivity contribution in [1.29, 1.82) is 0 Å². The standard InChI is InChI=1S/C18H25N3OS/c1-12(2)15(5)20-17(22)11-23-18-19-8-9-21(18)16-7-6-13(3)10-14(16)4/h6-10,12,15H,11H2,1-5H3,(H,20,22). The molecule has 0 saturated carbocycles. The summed E-state index contributed by atoms with van der Waals surface area (Å²) in [5.41, 5.74) is 3.54. The van der Waals surface area contributed by atoms with Crippen LogP contribution in [0.2, 0.25) is 0 Å². The van der Waals surface area contributed by atoms with Crippen molar-refractivity contribution in [1.82, 2.24) is 14.9 Å². The number of benzene rings is 1. The number of nitrogens with zero attached hydrogens (tertiary/aromatic N) is 2. The fraction of sp³-hybridized carbons (Fsp3) is 0.444. The van der Waals surface area contributed by atoms with Gasteiger partial charge in [-0.2, -0.15) is 0 Å². The van der Waals surface area contributed by atoms with Crippen LogP contribution in [0.5, 0.6) is 0 Å². The molecule has 0 spiro atoms. The van der Waals surface area contributed by atoms with Crippen LogP contribution >= 0.6 is 11.8 Å². The first-order valence-electron chi connectivity index (χ1n) is 7.91. The normalized spacial score (nSPS) is 12.4. The molecule has 1 aromatic carbocycles. The van der Waals surface area contributed by atoms with Crippen molar-refractivity contribution in [3.05, 3.63) is 41.7 Å². The van der Waals surface area contributed by atoms with Crippen LogP contribution in [0.3, 0.4) is 0 Å². The zero-order valence-corrected chi connectivity index (χ0v) is 15.3. The molecule has 0 aliphatic carbocycles. The Bertz CT molecular complexity index is 679. The van der Waals surface area contributed by atoms with Crippen LogP contribution in [0.1, 0.15) is 31.9 Å². The molecule has 1 unspecified atom stereocenters. The largest absolute Gasteiger partial charge is 0.353 e. The summed E-state index contributed by atoms with van der Waals surface area (Å²) < 4.78 is 2.04. The van der Waals surface area contributed by atoms with Gasteiger partial charge in [0.15, 0.2) is 5.16 Å². The second kappa shape index (κ2) is 7.68. The minimum atomic E-state index is 0.0476. The Morgan fingerprint density at radius 2 is 2.04 bits per heavy atom. The van der Waals surface area contributed by atoms with E-state index < -0.39 is 0 Å². The predicted molar refractivity (Wildman–Crippen MR) is 96.2 cm³/mol. The molecule has 1 atom stereocenters. The lowest BCUT2D eigenvalue weighted by Crippen LogP contribution is -2.37. The number of amides is 1. The van der Waals surface area contributed by atoms with Crippen molar-refractivity contribution in [2.75, 3.05) is 5.75 Å². The van der Waals surface area contributed by atoms with Gasteiger partial charge in [-0.3, -0.25) is 9.36 Å². The summed E-state index contributed by atoms with van der Waals surface area (Å²) >= 11 is 1.46. The third-order valence-electron chi connectivity index (χ3n) is 3.94. The number of carbonyl (C=O) groups is 1. The minimum Gasteiger partial charge on any atom is -0.353 e. The second-order valence-corrected chi connectivity index (χ2v) is 7.20. The number of hydrogen-bond acceptors (Lipinski definition) is 3. The van der Waals surface area contributed by atoms with Crippen LogP contribution in [-0.2, 0) is 4.79 Å². The van der Waals surface area contributed by atoms with Crippen LogP contribution in [-0.4, -0.2) is 27.3 Å². The van der Waals surface area contributed by atoms with Gasteiger partial charge in [0.1, 0.15) is 0 Å². The Morgan fingerprint density at radius 1 is 1.30 bits per heavy atom. The molecule has 0 fully saturated rings. The maximum atomic E-state index is 12.0. The molecule has 1 heterocycles. The van der Waals surface area contributed by atoms with Crippen LogP contribution in [0, 0.1) is 19.8 Å². The number of nitrogens with one attached hydrogen (secondary N) is 1. The zero-order valence-electron chi connectivity index (χ0n) is 14.5. The molecule has 1 aromatic heterocycles. The third-order valence-corrected chi connectivity index (χ3v) is 4.91. The molecule has 5 heteroatoms. The van der Waals surface area contributed by atoms with E-state index in [1.165, 1.54) is 22.9 Å². The van der Waals surface area contributed by atoms with E-state index in [2.05, 4.69) is 56.2 Å². The van der Waals surface area contributed by atoms with Gasteiger partial charge in [-0.25, -0.2) is 4.98 Å². The van der Waals surface area contributed by atoms with E-state index >= 15 is 0 Å². The second-order valence-electron chi connectivity index (χ2n) is 6.26. The molecule has 0 aliphatic rings. The van der Waals surface area contributed by atoms with Crippen LogP contribution in [0.4, 0.5) is 0 Å². The number of imidazole rings is 1. The smallest absolute Gasteiger partial charge is 0.230 e. The zero-order chi connectivity index (χ0) is 17.0. The van der Waals surface area contributed by atoms with Gasteiger partial charge in [-0.15, -0.1) is 0 Å². The lowest BCUT2D eigenvalue weighted by atomic mass is 10.1. The van der Waals surface area contributed by atoms with Gasteiger partial charge in [0.2, 0.25) is 5.91 Å². The number of hydrogen-bond donors (Lipinski definition) is 1. The SMILES string of the molecule is Cc1ccc(-n2ccnc2SCC(=O)NC(C)C(C)C)c(C)c1. The van der Waals surface area contributed by atoms with Gasteiger partial charge in [0.25, 0.3) is 0 Å². The average Bonchev–Trinajstić information content (AvgIpc) is 2.93. The van der Waals surface area contributed by atoms with E-state index in [-0.39, 0.29) is 11.9 Å². The summed E-state index contributed by atoms with van der Waals surface area (Å²) in [7, 11) is 0. The highest BCUT2D eigenvalue weighted by atomic mass is 32.2. The molecule has 0 radical (unpaired) electrons. The predicted octanol–water partition coefficient (Wildman–Crippen LogP) is 3.74. The Hall–Kier alpha value is -1.75. The Morgan fingerprint density at radius 3 is 2.70 bits per heavy atom. The van der Waals surface area contributed by atoms with Crippen molar-refractivity contribution < 1.29 is 4.79 Å². The maximum Gasteiger partial charge on any atom is 0.230 e. The molecule has 0 aliphatic heterocycles. The summed E-state index contributed by atoms with van der Waals surface area (Å²) in [6.07, 6.45) is 3.71. The van der Waals surface area contributed by atoms with Gasteiger partial charge in [0.05, 0.1) is 11.4 Å². The quantitative estimate of drug-likeness (QED) is 0.820. The van der Waals surface area contributed by atoms with Gasteiger partial charge < -0.3 is 5.32 Å². The van der Waals surface area contributed by atoms with Crippen molar-refractivity contribution in [3.63, 3.8) is 0 Å². The molecular weight excluding hydrogens is 306 g/mol. The molecule has 0 bridgehead atoms. The number of thioether (sulfide) groups is 1. The maximum absolute atomic E-state index is 12.0. The van der Waals surface area contributed by atoms with E-state index in [9.17, 15) is 4.79 Å². The molecule has 2 aromatic rings. The Labute approximate surface area is 142 Å². The number of rotatable bonds is 6. The lowest BCUT2D eigenvalue weighted by molar-refractivity contribution is -0.119. The fourth-order valence-corrected chi connectivity index (χ4v) is 3.03. The highest BCUT2D eigenvalue weighted by Crippen LogP contribution is 2.23. The Balaban J connectivity index is 2.06. The molecule has 1 amide bonds. The van der Waals surface area contributed by atoms with Gasteiger partial charge in [-0.1, -0.05) is 43.3 Å². The minimum absolute atomic E-state index is 0.0476. The van der Waals surface area contributed by atoms with E-state index in [1.54, 1.807) is 6.20 Å². The summed E-state index contributed by atoms with van der Waals surface area (Å²) in [4.78, 5) is 16.4. The Kier molecular flexibility index (Phi) is 5.88. The number of carbonyl (C=O) groups excluding carboxylic acids is 1. The molecule has 124 valence electrons. The fourth-order valence-electron chi connectivity index (χ4n) is 2.25. The first-order valence-corrected chi connectivity index (χ1v) is 8.90. The van der Waals surface area contributed by atoms with Crippen molar-refractivity contribution in [2.24, 2.45) is 5.92 Å². The molecule has 0 saturated heterocycles. The molecule has 23 heavy (non-hydrogen) atoms. The topological polar surface area (TPSA) is 46.9 Å². The van der Waals surface area contributed by atoms with Crippen molar-refractivity contribution >= 4 is 17.7 Å². The number of aryl methyl sites for hydroxylation is 2. The number of aromatic nitrogens is 2. The van der Waals surface area contributed by atoms with E-state index in [0.29, 0.717) is 11.7 Å². The highest BCUT2D eigenvalue weighted by Gasteiger charge is 2.13.